The molecule has 0 spiro atoms. The van der Waals surface area contributed by atoms with Gasteiger partial charge in [0.1, 0.15) is 0 Å². The molecule has 0 aromatic heterocycles. The Labute approximate surface area is 162 Å². The van der Waals surface area contributed by atoms with Crippen LogP contribution in [0, 0.1) is 11.8 Å². The number of carboxylic acids is 1. The van der Waals surface area contributed by atoms with Crippen LogP contribution in [0.4, 0.5) is 0 Å². The predicted octanol–water partition coefficient (Wildman–Crippen LogP) is 3.13. The maximum atomic E-state index is 12.7. The van der Waals surface area contributed by atoms with Gasteiger partial charge in [0.05, 0.1) is 5.92 Å². The first-order valence-corrected chi connectivity index (χ1v) is 10.1. The molecule has 1 aromatic rings. The van der Waals surface area contributed by atoms with Gasteiger partial charge in [0.15, 0.2) is 0 Å². The Morgan fingerprint density at radius 1 is 1.00 bits per heavy atom. The molecule has 1 N–H and O–H groups in total. The van der Waals surface area contributed by atoms with Gasteiger partial charge in [-0.25, -0.2) is 0 Å². The number of carbonyl (C=O) groups is 2. The van der Waals surface area contributed by atoms with Gasteiger partial charge in [0, 0.05) is 38.6 Å². The summed E-state index contributed by atoms with van der Waals surface area (Å²) in [4.78, 5) is 28.1. The van der Waals surface area contributed by atoms with E-state index in [1.54, 1.807) is 0 Å². The van der Waals surface area contributed by atoms with E-state index < -0.39 is 5.97 Å². The van der Waals surface area contributed by atoms with Crippen LogP contribution < -0.4 is 0 Å². The lowest BCUT2D eigenvalue weighted by Crippen LogP contribution is -2.49. The van der Waals surface area contributed by atoms with Crippen LogP contribution in [0.5, 0.6) is 0 Å². The number of amides is 1. The summed E-state index contributed by atoms with van der Waals surface area (Å²) in [5, 5.41) is 9.13. The third-order valence-electron chi connectivity index (χ3n) is 6.04. The zero-order valence-electron chi connectivity index (χ0n) is 16.8. The summed E-state index contributed by atoms with van der Waals surface area (Å²) in [5.41, 5.74) is 2.82. The monoisotopic (exact) mass is 372 g/mol. The molecule has 2 atom stereocenters. The van der Waals surface area contributed by atoms with E-state index in [1.165, 1.54) is 11.1 Å². The van der Waals surface area contributed by atoms with Crippen molar-refractivity contribution in [1.29, 1.82) is 0 Å². The molecule has 27 heavy (non-hydrogen) atoms. The van der Waals surface area contributed by atoms with Crippen LogP contribution in [0.2, 0.25) is 0 Å². The number of nitrogens with zero attached hydrogens (tertiary/aromatic N) is 2. The Kier molecular flexibility index (Phi) is 5.89. The van der Waals surface area contributed by atoms with Crippen molar-refractivity contribution in [2.24, 2.45) is 11.8 Å². The molecule has 2 fully saturated rings. The second-order valence-corrected chi connectivity index (χ2v) is 9.09. The van der Waals surface area contributed by atoms with E-state index >= 15 is 0 Å². The van der Waals surface area contributed by atoms with Gasteiger partial charge >= 0.3 is 5.97 Å². The molecule has 1 amide bonds. The number of aliphatic carboxylic acids is 1. The fourth-order valence-corrected chi connectivity index (χ4v) is 4.18. The van der Waals surface area contributed by atoms with E-state index in [1.807, 2.05) is 4.90 Å². The number of rotatable bonds is 4. The zero-order valence-corrected chi connectivity index (χ0v) is 16.8. The maximum Gasteiger partial charge on any atom is 0.306 e. The Morgan fingerprint density at radius 2 is 1.59 bits per heavy atom. The van der Waals surface area contributed by atoms with Crippen LogP contribution in [0.15, 0.2) is 24.3 Å². The molecule has 1 saturated carbocycles. The molecule has 2 aliphatic rings. The molecular weight excluding hydrogens is 340 g/mol. The lowest BCUT2D eigenvalue weighted by molar-refractivity contribution is -0.142. The van der Waals surface area contributed by atoms with Crippen LogP contribution in [0.3, 0.4) is 0 Å². The molecule has 1 heterocycles. The quantitative estimate of drug-likeness (QED) is 0.882. The van der Waals surface area contributed by atoms with Crippen molar-refractivity contribution in [3.05, 3.63) is 35.4 Å². The standard InChI is InChI=1S/C22H32N2O3/c1-22(2,3)19-8-4-16(5-9-19)15-23-10-12-24(13-11-23)20(25)17-6-7-18(14-17)21(26)27/h4-5,8-9,17-18H,6-7,10-15H2,1-3H3,(H,26,27)/t17-,18+/m0/s1. The predicted molar refractivity (Wildman–Crippen MR) is 105 cm³/mol. The lowest BCUT2D eigenvalue weighted by Gasteiger charge is -2.36. The molecule has 3 rings (SSSR count). The van der Waals surface area contributed by atoms with Gasteiger partial charge in [-0.1, -0.05) is 45.0 Å². The van der Waals surface area contributed by atoms with Gasteiger partial charge in [-0.2, -0.15) is 0 Å². The van der Waals surface area contributed by atoms with Gasteiger partial charge in [-0.3, -0.25) is 14.5 Å². The minimum Gasteiger partial charge on any atom is -0.481 e. The molecule has 5 heteroatoms. The van der Waals surface area contributed by atoms with Crippen molar-refractivity contribution < 1.29 is 14.7 Å². The smallest absolute Gasteiger partial charge is 0.306 e. The van der Waals surface area contributed by atoms with Crippen LogP contribution >= 0.6 is 0 Å². The first-order valence-electron chi connectivity index (χ1n) is 10.1. The molecule has 1 aromatic carbocycles. The van der Waals surface area contributed by atoms with Crippen molar-refractivity contribution >= 4 is 11.9 Å². The number of hydrogen-bond donors (Lipinski definition) is 1. The van der Waals surface area contributed by atoms with Crippen molar-refractivity contribution in [3.63, 3.8) is 0 Å². The highest BCUT2D eigenvalue weighted by atomic mass is 16.4. The van der Waals surface area contributed by atoms with E-state index in [2.05, 4.69) is 49.9 Å². The molecule has 0 radical (unpaired) electrons. The average Bonchev–Trinajstić information content (AvgIpc) is 3.12. The number of carbonyl (C=O) groups excluding carboxylic acids is 1. The van der Waals surface area contributed by atoms with E-state index in [0.717, 1.165) is 39.1 Å². The molecule has 1 saturated heterocycles. The van der Waals surface area contributed by atoms with Gasteiger partial charge < -0.3 is 10.0 Å². The first kappa shape index (κ1) is 19.9. The van der Waals surface area contributed by atoms with Crippen LogP contribution in [0.25, 0.3) is 0 Å². The summed E-state index contributed by atoms with van der Waals surface area (Å²) in [6, 6.07) is 8.85. The molecule has 148 valence electrons. The van der Waals surface area contributed by atoms with Crippen LogP contribution in [0.1, 0.15) is 51.2 Å². The summed E-state index contributed by atoms with van der Waals surface area (Å²) in [7, 11) is 0. The maximum absolute atomic E-state index is 12.7. The molecule has 0 unspecified atom stereocenters. The van der Waals surface area contributed by atoms with Gasteiger partial charge in [-0.05, 0) is 35.8 Å². The third kappa shape index (κ3) is 4.89. The number of hydrogen-bond acceptors (Lipinski definition) is 3. The van der Waals surface area contributed by atoms with E-state index in [-0.39, 0.29) is 23.2 Å². The first-order chi connectivity index (χ1) is 12.7. The van der Waals surface area contributed by atoms with Gasteiger partial charge in [-0.15, -0.1) is 0 Å². The van der Waals surface area contributed by atoms with E-state index in [4.69, 9.17) is 5.11 Å². The largest absolute Gasteiger partial charge is 0.481 e. The Balaban J connectivity index is 1.48. The van der Waals surface area contributed by atoms with Crippen molar-refractivity contribution in [2.45, 2.75) is 52.0 Å². The molecular formula is C22H32N2O3. The fourth-order valence-electron chi connectivity index (χ4n) is 4.18. The molecule has 1 aliphatic heterocycles. The summed E-state index contributed by atoms with van der Waals surface area (Å²) in [6.07, 6.45) is 1.86. The second kappa shape index (κ2) is 8.01. The zero-order chi connectivity index (χ0) is 19.6. The topological polar surface area (TPSA) is 60.9 Å². The Hall–Kier alpha value is -1.88. The minimum atomic E-state index is -0.757. The van der Waals surface area contributed by atoms with E-state index in [0.29, 0.717) is 12.8 Å². The fraction of sp³-hybridized carbons (Fsp3) is 0.636. The third-order valence-corrected chi connectivity index (χ3v) is 6.04. The number of benzene rings is 1. The molecule has 5 nitrogen and oxygen atoms in total. The average molecular weight is 373 g/mol. The van der Waals surface area contributed by atoms with Gasteiger partial charge in [0.2, 0.25) is 5.91 Å². The molecule has 0 bridgehead atoms. The Bertz CT molecular complexity index is 670. The van der Waals surface area contributed by atoms with Crippen molar-refractivity contribution in [1.82, 2.24) is 9.80 Å². The molecule has 1 aliphatic carbocycles. The number of piperazine rings is 1. The summed E-state index contributed by atoms with van der Waals surface area (Å²) in [6.45, 7) is 10.8. The second-order valence-electron chi connectivity index (χ2n) is 9.09. The summed E-state index contributed by atoms with van der Waals surface area (Å²) >= 11 is 0. The van der Waals surface area contributed by atoms with Crippen LogP contribution in [-0.2, 0) is 21.5 Å². The van der Waals surface area contributed by atoms with Crippen molar-refractivity contribution in [3.8, 4) is 0 Å². The Morgan fingerprint density at radius 3 is 2.11 bits per heavy atom. The highest BCUT2D eigenvalue weighted by Gasteiger charge is 2.36. The number of carboxylic acid groups (broad SMARTS) is 1. The highest BCUT2D eigenvalue weighted by molar-refractivity contribution is 5.81. The van der Waals surface area contributed by atoms with Crippen LogP contribution in [-0.4, -0.2) is 53.0 Å². The van der Waals surface area contributed by atoms with E-state index in [9.17, 15) is 9.59 Å². The summed E-state index contributed by atoms with van der Waals surface area (Å²) < 4.78 is 0. The van der Waals surface area contributed by atoms with Gasteiger partial charge in [0.25, 0.3) is 0 Å². The SMILES string of the molecule is CC(C)(C)c1ccc(CN2CCN(C(=O)[C@H]3CC[C@@H](C(=O)O)C3)CC2)cc1. The normalized spacial score (nSPS) is 24.2. The lowest BCUT2D eigenvalue weighted by atomic mass is 9.87. The highest BCUT2D eigenvalue weighted by Crippen LogP contribution is 2.32. The van der Waals surface area contributed by atoms with Crippen molar-refractivity contribution in [2.75, 3.05) is 26.2 Å². The summed E-state index contributed by atoms with van der Waals surface area (Å²) in [5.74, 6) is -1.03. The minimum absolute atomic E-state index is 0.0948.